The summed E-state index contributed by atoms with van der Waals surface area (Å²) in [7, 11) is -3.55. The van der Waals surface area contributed by atoms with Crippen molar-refractivity contribution in [1.82, 2.24) is 4.31 Å². The largest absolute Gasteiger partial charge is 0.481 e. The standard InChI is InChI=1S/C12H17NO4S2/c1-7-4-11(18-9(7)3)19(16,17)13-5-8(2)10(6-13)12(14)15/h4,8,10H,5-6H2,1-3H3,(H,14,15)/t8-,10-/m1/s1. The lowest BCUT2D eigenvalue weighted by Gasteiger charge is -2.14. The quantitative estimate of drug-likeness (QED) is 0.922. The monoisotopic (exact) mass is 303 g/mol. The summed E-state index contributed by atoms with van der Waals surface area (Å²) in [4.78, 5) is 12.0. The molecule has 0 spiro atoms. The summed E-state index contributed by atoms with van der Waals surface area (Å²) in [5, 5.41) is 9.07. The van der Waals surface area contributed by atoms with Crippen LogP contribution < -0.4 is 0 Å². The normalized spacial score (nSPS) is 24.8. The molecule has 1 fully saturated rings. The molecule has 0 unspecified atom stereocenters. The first-order valence-electron chi connectivity index (χ1n) is 6.03. The average molecular weight is 303 g/mol. The number of nitrogens with zero attached hydrogens (tertiary/aromatic N) is 1. The van der Waals surface area contributed by atoms with Crippen LogP contribution in [0.5, 0.6) is 0 Å². The van der Waals surface area contributed by atoms with Crippen molar-refractivity contribution < 1.29 is 18.3 Å². The Bertz CT molecular complexity index is 586. The Hall–Kier alpha value is -0.920. The van der Waals surface area contributed by atoms with Crippen LogP contribution in [0.3, 0.4) is 0 Å². The number of hydrogen-bond donors (Lipinski definition) is 1. The Morgan fingerprint density at radius 1 is 1.42 bits per heavy atom. The maximum Gasteiger partial charge on any atom is 0.308 e. The number of hydrogen-bond acceptors (Lipinski definition) is 4. The van der Waals surface area contributed by atoms with Gasteiger partial charge in [-0.15, -0.1) is 11.3 Å². The third-order valence-corrected chi connectivity index (χ3v) is 7.07. The molecule has 1 aliphatic rings. The van der Waals surface area contributed by atoms with Gasteiger partial charge in [0.15, 0.2) is 0 Å². The summed E-state index contributed by atoms with van der Waals surface area (Å²) in [5.41, 5.74) is 0.950. The lowest BCUT2D eigenvalue weighted by molar-refractivity contribution is -0.142. The van der Waals surface area contributed by atoms with E-state index in [1.54, 1.807) is 13.0 Å². The van der Waals surface area contributed by atoms with E-state index in [2.05, 4.69) is 0 Å². The van der Waals surface area contributed by atoms with Crippen molar-refractivity contribution in [3.05, 3.63) is 16.5 Å². The van der Waals surface area contributed by atoms with Crippen LogP contribution in [0, 0.1) is 25.7 Å². The van der Waals surface area contributed by atoms with E-state index in [4.69, 9.17) is 5.11 Å². The summed E-state index contributed by atoms with van der Waals surface area (Å²) < 4.78 is 26.5. The summed E-state index contributed by atoms with van der Waals surface area (Å²) >= 11 is 1.24. The second-order valence-corrected chi connectivity index (χ2v) is 8.47. The van der Waals surface area contributed by atoms with Gasteiger partial charge in [0.25, 0.3) is 10.0 Å². The van der Waals surface area contributed by atoms with Gasteiger partial charge < -0.3 is 5.11 Å². The highest BCUT2D eigenvalue weighted by Crippen LogP contribution is 2.32. The van der Waals surface area contributed by atoms with Gasteiger partial charge in [0, 0.05) is 18.0 Å². The molecule has 7 heteroatoms. The second-order valence-electron chi connectivity index (χ2n) is 5.05. The number of aliphatic carboxylic acids is 1. The number of carboxylic acids is 1. The van der Waals surface area contributed by atoms with E-state index in [0.29, 0.717) is 4.21 Å². The molecular formula is C12H17NO4S2. The van der Waals surface area contributed by atoms with Crippen LogP contribution in [0.15, 0.2) is 10.3 Å². The topological polar surface area (TPSA) is 74.7 Å². The Kier molecular flexibility index (Phi) is 3.72. The Labute approximate surface area is 116 Å². The summed E-state index contributed by atoms with van der Waals surface area (Å²) in [6, 6.07) is 1.66. The Balaban J connectivity index is 2.29. The van der Waals surface area contributed by atoms with E-state index >= 15 is 0 Å². The molecule has 5 nitrogen and oxygen atoms in total. The van der Waals surface area contributed by atoms with Gasteiger partial charge in [0.2, 0.25) is 0 Å². The zero-order chi connectivity index (χ0) is 14.4. The molecule has 2 heterocycles. The van der Waals surface area contributed by atoms with Gasteiger partial charge >= 0.3 is 5.97 Å². The first kappa shape index (κ1) is 14.5. The fourth-order valence-electron chi connectivity index (χ4n) is 2.23. The highest BCUT2D eigenvalue weighted by Gasteiger charge is 2.41. The molecule has 1 aliphatic heterocycles. The summed E-state index contributed by atoms with van der Waals surface area (Å²) in [6.07, 6.45) is 0. The number of carboxylic acid groups (broad SMARTS) is 1. The maximum atomic E-state index is 12.5. The minimum Gasteiger partial charge on any atom is -0.481 e. The third kappa shape index (κ3) is 2.54. The number of thiophene rings is 1. The second kappa shape index (κ2) is 4.88. The first-order valence-corrected chi connectivity index (χ1v) is 8.29. The molecule has 1 aromatic rings. The number of rotatable bonds is 3. The smallest absolute Gasteiger partial charge is 0.308 e. The Morgan fingerprint density at radius 3 is 2.47 bits per heavy atom. The van der Waals surface area contributed by atoms with Crippen molar-refractivity contribution >= 4 is 27.3 Å². The zero-order valence-corrected chi connectivity index (χ0v) is 12.7. The van der Waals surface area contributed by atoms with Crippen LogP contribution in [0.4, 0.5) is 0 Å². The molecule has 106 valence electrons. The number of aryl methyl sites for hydroxylation is 2. The molecule has 0 amide bonds. The van der Waals surface area contributed by atoms with Crippen molar-refractivity contribution in [2.75, 3.05) is 13.1 Å². The van der Waals surface area contributed by atoms with E-state index in [9.17, 15) is 13.2 Å². The van der Waals surface area contributed by atoms with Crippen LogP contribution in [0.2, 0.25) is 0 Å². The van der Waals surface area contributed by atoms with Crippen molar-refractivity contribution in [2.45, 2.75) is 25.0 Å². The number of sulfonamides is 1. The van der Waals surface area contributed by atoms with Gasteiger partial charge in [-0.3, -0.25) is 4.79 Å². The maximum absolute atomic E-state index is 12.5. The zero-order valence-electron chi connectivity index (χ0n) is 11.1. The highest BCUT2D eigenvalue weighted by molar-refractivity contribution is 7.91. The van der Waals surface area contributed by atoms with Gasteiger partial charge in [0.05, 0.1) is 5.92 Å². The van der Waals surface area contributed by atoms with Crippen LogP contribution in [-0.2, 0) is 14.8 Å². The van der Waals surface area contributed by atoms with Crippen LogP contribution >= 0.6 is 11.3 Å². The van der Waals surface area contributed by atoms with Crippen molar-refractivity contribution in [1.29, 1.82) is 0 Å². The predicted octanol–water partition coefficient (Wildman–Crippen LogP) is 1.71. The summed E-state index contributed by atoms with van der Waals surface area (Å²) in [5.74, 6) is -1.70. The van der Waals surface area contributed by atoms with Crippen LogP contribution in [-0.4, -0.2) is 36.9 Å². The molecule has 2 rings (SSSR count). The van der Waals surface area contributed by atoms with Gasteiger partial charge in [-0.05, 0) is 31.4 Å². The van der Waals surface area contributed by atoms with Gasteiger partial charge in [-0.25, -0.2) is 8.42 Å². The van der Waals surface area contributed by atoms with E-state index in [1.165, 1.54) is 15.6 Å². The van der Waals surface area contributed by atoms with E-state index in [-0.39, 0.29) is 19.0 Å². The fraction of sp³-hybridized carbons (Fsp3) is 0.583. The fourth-order valence-corrected chi connectivity index (χ4v) is 5.47. The lowest BCUT2D eigenvalue weighted by atomic mass is 9.99. The van der Waals surface area contributed by atoms with E-state index < -0.39 is 21.9 Å². The minimum absolute atomic E-state index is 0.0643. The van der Waals surface area contributed by atoms with Crippen molar-refractivity contribution in [2.24, 2.45) is 11.8 Å². The van der Waals surface area contributed by atoms with Gasteiger partial charge in [-0.2, -0.15) is 4.31 Å². The molecule has 0 aromatic carbocycles. The molecule has 0 radical (unpaired) electrons. The SMILES string of the molecule is Cc1cc(S(=O)(=O)N2C[C@@H](C)[C@H](C(=O)O)C2)sc1C. The molecule has 19 heavy (non-hydrogen) atoms. The van der Waals surface area contributed by atoms with Crippen LogP contribution in [0.25, 0.3) is 0 Å². The minimum atomic E-state index is -3.55. The summed E-state index contributed by atoms with van der Waals surface area (Å²) in [6.45, 7) is 5.87. The van der Waals surface area contributed by atoms with E-state index in [0.717, 1.165) is 10.4 Å². The van der Waals surface area contributed by atoms with Crippen molar-refractivity contribution in [3.8, 4) is 0 Å². The molecule has 1 N–H and O–H groups in total. The molecule has 0 aliphatic carbocycles. The van der Waals surface area contributed by atoms with Gasteiger partial charge in [0.1, 0.15) is 4.21 Å². The molecule has 0 saturated carbocycles. The molecule has 2 atom stereocenters. The average Bonchev–Trinajstić information content (AvgIpc) is 2.84. The molecular weight excluding hydrogens is 286 g/mol. The first-order chi connectivity index (χ1) is 8.73. The van der Waals surface area contributed by atoms with Gasteiger partial charge in [-0.1, -0.05) is 6.92 Å². The molecule has 1 saturated heterocycles. The molecule has 1 aromatic heterocycles. The van der Waals surface area contributed by atoms with E-state index in [1.807, 2.05) is 13.8 Å². The Morgan fingerprint density at radius 2 is 2.05 bits per heavy atom. The van der Waals surface area contributed by atoms with Crippen LogP contribution in [0.1, 0.15) is 17.4 Å². The number of carbonyl (C=O) groups is 1. The third-order valence-electron chi connectivity index (χ3n) is 3.63. The lowest BCUT2D eigenvalue weighted by Crippen LogP contribution is -2.29. The predicted molar refractivity (Wildman–Crippen MR) is 72.8 cm³/mol. The van der Waals surface area contributed by atoms with Crippen molar-refractivity contribution in [3.63, 3.8) is 0 Å². The highest BCUT2D eigenvalue weighted by atomic mass is 32.2. The molecule has 0 bridgehead atoms.